The molecule has 3 N–H and O–H groups in total. The number of hydrogen-bond donors (Lipinski definition) is 3. The predicted octanol–water partition coefficient (Wildman–Crippen LogP) is 2.38. The van der Waals surface area contributed by atoms with E-state index >= 15 is 0 Å². The van der Waals surface area contributed by atoms with Crippen molar-refractivity contribution < 1.29 is 19.1 Å². The molecule has 0 radical (unpaired) electrons. The summed E-state index contributed by atoms with van der Waals surface area (Å²) in [5.41, 5.74) is 1.02. The van der Waals surface area contributed by atoms with Gasteiger partial charge in [0.1, 0.15) is 0 Å². The highest BCUT2D eigenvalue weighted by atomic mass is 32.2. The molecule has 156 valence electrons. The van der Waals surface area contributed by atoms with Crippen LogP contribution in [0.25, 0.3) is 0 Å². The molecule has 9 nitrogen and oxygen atoms in total. The summed E-state index contributed by atoms with van der Waals surface area (Å²) in [5, 5.41) is 17.7. The van der Waals surface area contributed by atoms with Crippen molar-refractivity contribution in [1.29, 1.82) is 0 Å². The van der Waals surface area contributed by atoms with Crippen LogP contribution >= 0.6 is 23.1 Å². The molecule has 1 aliphatic rings. The minimum Gasteiger partial charge on any atom is -0.463 e. The Labute approximate surface area is 173 Å². The number of rotatable bonds is 12. The van der Waals surface area contributed by atoms with E-state index in [1.165, 1.54) is 23.1 Å². The number of carbonyl (C=O) groups excluding carboxylic acids is 2. The number of aromatic nitrogens is 2. The first-order chi connectivity index (χ1) is 13.6. The molecule has 2 rings (SSSR count). The minimum absolute atomic E-state index is 0.280. The van der Waals surface area contributed by atoms with E-state index in [0.717, 1.165) is 22.4 Å². The summed E-state index contributed by atoms with van der Waals surface area (Å²) in [5.74, 6) is -0.0109. The maximum Gasteiger partial charge on any atom is 0.337 e. The molecule has 1 atom stereocenters. The highest BCUT2D eigenvalue weighted by Gasteiger charge is 2.31. The van der Waals surface area contributed by atoms with E-state index < -0.39 is 5.97 Å². The van der Waals surface area contributed by atoms with Gasteiger partial charge in [-0.1, -0.05) is 30.0 Å². The van der Waals surface area contributed by atoms with Gasteiger partial charge >= 0.3 is 12.0 Å². The predicted molar refractivity (Wildman–Crippen MR) is 110 cm³/mol. The largest absolute Gasteiger partial charge is 0.463 e. The maximum absolute atomic E-state index is 12.4. The highest BCUT2D eigenvalue weighted by Crippen LogP contribution is 2.28. The second-order valence-electron chi connectivity index (χ2n) is 5.81. The van der Waals surface area contributed by atoms with Gasteiger partial charge in [0, 0.05) is 31.2 Å². The summed E-state index contributed by atoms with van der Waals surface area (Å²) in [6.45, 7) is 8.10. The van der Waals surface area contributed by atoms with Gasteiger partial charge in [0.25, 0.3) is 0 Å². The molecular formula is C17H27N5O4S2. The number of anilines is 1. The molecule has 0 aromatic carbocycles. The zero-order valence-electron chi connectivity index (χ0n) is 16.4. The highest BCUT2D eigenvalue weighted by molar-refractivity contribution is 8.01. The molecule has 0 saturated heterocycles. The first kappa shape index (κ1) is 22.4. The number of ether oxygens (including phenoxy) is 2. The zero-order chi connectivity index (χ0) is 20.4. The number of nitrogens with one attached hydrogen (secondary N) is 3. The number of hydrogen-bond acceptors (Lipinski definition) is 9. The molecule has 0 fully saturated rings. The van der Waals surface area contributed by atoms with E-state index in [1.807, 2.05) is 13.8 Å². The van der Waals surface area contributed by atoms with E-state index in [4.69, 9.17) is 9.47 Å². The van der Waals surface area contributed by atoms with Crippen LogP contribution < -0.4 is 16.0 Å². The summed E-state index contributed by atoms with van der Waals surface area (Å²) in [6, 6.07) is -0.676. The van der Waals surface area contributed by atoms with Crippen molar-refractivity contribution in [2.45, 2.75) is 44.0 Å². The van der Waals surface area contributed by atoms with Crippen LogP contribution in [0.4, 0.5) is 9.93 Å². The van der Waals surface area contributed by atoms with E-state index in [-0.39, 0.29) is 18.7 Å². The van der Waals surface area contributed by atoms with Gasteiger partial charge in [-0.05, 0) is 26.7 Å². The lowest BCUT2D eigenvalue weighted by molar-refractivity contribution is -0.139. The molecule has 1 aromatic rings. The van der Waals surface area contributed by atoms with Crippen LogP contribution in [0, 0.1) is 0 Å². The maximum atomic E-state index is 12.4. The molecule has 0 bridgehead atoms. The summed E-state index contributed by atoms with van der Waals surface area (Å²) in [7, 11) is 0. The van der Waals surface area contributed by atoms with Crippen LogP contribution in [0.3, 0.4) is 0 Å². The number of urea groups is 1. The average molecular weight is 430 g/mol. The smallest absolute Gasteiger partial charge is 0.337 e. The minimum atomic E-state index is -0.411. The first-order valence-electron chi connectivity index (χ1n) is 9.34. The number of carbonyl (C=O) groups is 2. The fourth-order valence-electron chi connectivity index (χ4n) is 2.56. The second-order valence-corrected chi connectivity index (χ2v) is 8.01. The molecule has 28 heavy (non-hydrogen) atoms. The molecule has 11 heteroatoms. The summed E-state index contributed by atoms with van der Waals surface area (Å²) < 4.78 is 11.2. The topological polar surface area (TPSA) is 114 Å². The molecule has 1 aliphatic heterocycles. The van der Waals surface area contributed by atoms with Crippen LogP contribution in [0.15, 0.2) is 15.6 Å². The van der Waals surface area contributed by atoms with Crippen LogP contribution in [0.2, 0.25) is 0 Å². The van der Waals surface area contributed by atoms with E-state index in [1.54, 1.807) is 6.92 Å². The Kier molecular flexibility index (Phi) is 9.51. The summed E-state index contributed by atoms with van der Waals surface area (Å²) in [6.07, 6.45) is 1.49. The number of nitrogens with zero attached hydrogens (tertiary/aromatic N) is 2. The van der Waals surface area contributed by atoms with Crippen LogP contribution in [-0.4, -0.2) is 60.4 Å². The van der Waals surface area contributed by atoms with Gasteiger partial charge in [0.15, 0.2) is 4.34 Å². The number of amides is 2. The molecule has 2 heterocycles. The van der Waals surface area contributed by atoms with Crippen molar-refractivity contribution in [3.05, 3.63) is 11.3 Å². The lowest BCUT2D eigenvalue weighted by Gasteiger charge is -2.28. The summed E-state index contributed by atoms with van der Waals surface area (Å²) >= 11 is 2.86. The Morgan fingerprint density at radius 1 is 1.29 bits per heavy atom. The Bertz CT molecular complexity index is 695. The van der Waals surface area contributed by atoms with Crippen molar-refractivity contribution in [3.8, 4) is 0 Å². The quantitative estimate of drug-likeness (QED) is 0.264. The molecule has 0 spiro atoms. The van der Waals surface area contributed by atoms with Crippen LogP contribution in [0.5, 0.6) is 0 Å². The second kappa shape index (κ2) is 11.9. The fourth-order valence-corrected chi connectivity index (χ4v) is 4.31. The first-order valence-corrected chi connectivity index (χ1v) is 11.1. The number of esters is 1. The van der Waals surface area contributed by atoms with Crippen LogP contribution in [0.1, 0.15) is 33.6 Å². The van der Waals surface area contributed by atoms with Crippen molar-refractivity contribution in [2.24, 2.45) is 0 Å². The zero-order valence-corrected chi connectivity index (χ0v) is 18.0. The van der Waals surface area contributed by atoms with E-state index in [9.17, 15) is 9.59 Å². The summed E-state index contributed by atoms with van der Waals surface area (Å²) in [4.78, 5) is 24.3. The van der Waals surface area contributed by atoms with Gasteiger partial charge in [-0.3, -0.25) is 0 Å². The van der Waals surface area contributed by atoms with Crippen LogP contribution in [-0.2, 0) is 14.3 Å². The van der Waals surface area contributed by atoms with E-state index in [0.29, 0.717) is 36.7 Å². The van der Waals surface area contributed by atoms with Crippen molar-refractivity contribution in [1.82, 2.24) is 20.8 Å². The Balaban J connectivity index is 1.98. The molecule has 0 saturated carbocycles. The molecule has 1 unspecified atom stereocenters. The normalized spacial score (nSPS) is 16.5. The SMILES string of the molecule is CCOCCCNc1nnc(SCC2=C(C(=O)OCC)C(CC)NC(=O)N2)s1. The van der Waals surface area contributed by atoms with Gasteiger partial charge in [0.2, 0.25) is 5.13 Å². The number of thioether (sulfide) groups is 1. The Morgan fingerprint density at radius 2 is 2.11 bits per heavy atom. The van der Waals surface area contributed by atoms with Gasteiger partial charge < -0.3 is 25.4 Å². The monoisotopic (exact) mass is 429 g/mol. The lowest BCUT2D eigenvalue weighted by Crippen LogP contribution is -2.50. The van der Waals surface area contributed by atoms with Crippen molar-refractivity contribution in [3.63, 3.8) is 0 Å². The third kappa shape index (κ3) is 6.64. The van der Waals surface area contributed by atoms with Crippen molar-refractivity contribution in [2.75, 3.05) is 37.4 Å². The third-order valence-corrected chi connectivity index (χ3v) is 5.88. The molecular weight excluding hydrogens is 402 g/mol. The average Bonchev–Trinajstić information content (AvgIpc) is 3.13. The third-order valence-electron chi connectivity index (χ3n) is 3.84. The Hall–Kier alpha value is -1.85. The van der Waals surface area contributed by atoms with Gasteiger partial charge in [-0.2, -0.15) is 0 Å². The van der Waals surface area contributed by atoms with Crippen molar-refractivity contribution >= 4 is 40.2 Å². The molecule has 1 aromatic heterocycles. The molecule has 0 aliphatic carbocycles. The standard InChI is InChI=1S/C17H27N5O4S2/c1-4-11-13(14(23)26-6-3)12(20-15(24)19-11)10-27-17-22-21-16(28-17)18-8-7-9-25-5-2/h11H,4-10H2,1-3H3,(H,18,21)(H2,19,20,24). The Morgan fingerprint density at radius 3 is 2.82 bits per heavy atom. The van der Waals surface area contributed by atoms with E-state index in [2.05, 4.69) is 26.1 Å². The molecule has 2 amide bonds. The van der Waals surface area contributed by atoms with Gasteiger partial charge in [0.05, 0.1) is 18.2 Å². The lowest BCUT2D eigenvalue weighted by atomic mass is 10.0. The fraction of sp³-hybridized carbons (Fsp3) is 0.647. The van der Waals surface area contributed by atoms with Gasteiger partial charge in [-0.15, -0.1) is 10.2 Å². The van der Waals surface area contributed by atoms with Gasteiger partial charge in [-0.25, -0.2) is 9.59 Å².